The Labute approximate surface area is 153 Å². The Bertz CT molecular complexity index is 1200. The lowest BCUT2D eigenvalue weighted by Crippen LogP contribution is -1.89. The summed E-state index contributed by atoms with van der Waals surface area (Å²) in [5.74, 6) is 0.449. The molecule has 0 aliphatic heterocycles. The maximum atomic E-state index is 11.0. The number of fused-ring (bicyclic) bond motifs is 1. The first-order valence-electron chi connectivity index (χ1n) is 8.01. The van der Waals surface area contributed by atoms with E-state index in [1.165, 1.54) is 12.1 Å². The van der Waals surface area contributed by atoms with E-state index in [-0.39, 0.29) is 5.69 Å². The van der Waals surface area contributed by atoms with E-state index in [1.807, 2.05) is 24.3 Å². The fourth-order valence-electron chi connectivity index (χ4n) is 2.80. The van der Waals surface area contributed by atoms with E-state index in [1.54, 1.807) is 24.4 Å². The summed E-state index contributed by atoms with van der Waals surface area (Å²) in [7, 11) is 0. The van der Waals surface area contributed by atoms with E-state index in [0.29, 0.717) is 28.2 Å². The lowest BCUT2D eigenvalue weighted by molar-refractivity contribution is -0.384. The Hall–Kier alpha value is -4.25. The normalized spacial score (nSPS) is 11.4. The molecule has 0 saturated carbocycles. The first-order chi connectivity index (χ1) is 13.2. The standard InChI is InChI=1S/C19H12N6O2/c20-10-13(19-22-16-6-1-2-7-17(16)23-19)8-14-11-21-24-18(14)12-4-3-5-15(9-12)25(26)27/h1-9,11H,(H,21,24)(H,22,23)/b13-8-. The molecule has 4 rings (SSSR count). The van der Waals surface area contributed by atoms with Crippen LogP contribution in [0.3, 0.4) is 0 Å². The molecule has 2 N–H and O–H groups in total. The van der Waals surface area contributed by atoms with Gasteiger partial charge in [-0.2, -0.15) is 10.4 Å². The van der Waals surface area contributed by atoms with Crippen LogP contribution in [0.2, 0.25) is 0 Å². The number of para-hydroxylation sites is 2. The minimum atomic E-state index is -0.454. The van der Waals surface area contributed by atoms with Crippen LogP contribution in [0.15, 0.2) is 54.7 Å². The minimum absolute atomic E-state index is 0.0187. The van der Waals surface area contributed by atoms with Gasteiger partial charge in [0.15, 0.2) is 0 Å². The zero-order valence-corrected chi connectivity index (χ0v) is 13.9. The van der Waals surface area contributed by atoms with Gasteiger partial charge in [0.05, 0.1) is 33.4 Å². The molecule has 2 aromatic heterocycles. The molecular formula is C19H12N6O2. The van der Waals surface area contributed by atoms with Crippen LogP contribution < -0.4 is 0 Å². The van der Waals surface area contributed by atoms with E-state index < -0.39 is 4.92 Å². The molecule has 0 radical (unpaired) electrons. The molecule has 0 atom stereocenters. The highest BCUT2D eigenvalue weighted by Gasteiger charge is 2.13. The van der Waals surface area contributed by atoms with Gasteiger partial charge >= 0.3 is 0 Å². The van der Waals surface area contributed by atoms with Gasteiger partial charge in [-0.3, -0.25) is 15.2 Å². The number of nitrogens with zero attached hydrogens (tertiary/aromatic N) is 4. The molecule has 0 aliphatic rings. The van der Waals surface area contributed by atoms with Crippen LogP contribution in [0.1, 0.15) is 11.4 Å². The van der Waals surface area contributed by atoms with Crippen LogP contribution >= 0.6 is 0 Å². The number of H-pyrrole nitrogens is 2. The van der Waals surface area contributed by atoms with Gasteiger partial charge in [0.2, 0.25) is 0 Å². The van der Waals surface area contributed by atoms with Crippen molar-refractivity contribution in [3.63, 3.8) is 0 Å². The second-order valence-electron chi connectivity index (χ2n) is 5.78. The first kappa shape index (κ1) is 16.2. The molecular weight excluding hydrogens is 344 g/mol. The van der Waals surface area contributed by atoms with Crippen molar-refractivity contribution in [3.05, 3.63) is 76.2 Å². The van der Waals surface area contributed by atoms with Crippen molar-refractivity contribution in [2.24, 2.45) is 0 Å². The lowest BCUT2D eigenvalue weighted by atomic mass is 10.1. The maximum Gasteiger partial charge on any atom is 0.270 e. The van der Waals surface area contributed by atoms with Crippen LogP contribution in [-0.4, -0.2) is 25.1 Å². The average molecular weight is 356 g/mol. The molecule has 27 heavy (non-hydrogen) atoms. The number of imidazole rings is 1. The van der Waals surface area contributed by atoms with Crippen molar-refractivity contribution in [3.8, 4) is 17.3 Å². The molecule has 0 fully saturated rings. The van der Waals surface area contributed by atoms with Gasteiger partial charge < -0.3 is 4.98 Å². The van der Waals surface area contributed by atoms with Gasteiger partial charge in [0.1, 0.15) is 11.9 Å². The Kier molecular flexibility index (Phi) is 3.95. The molecule has 0 bridgehead atoms. The Balaban J connectivity index is 1.78. The number of aromatic nitrogens is 4. The third-order valence-electron chi connectivity index (χ3n) is 4.08. The largest absolute Gasteiger partial charge is 0.337 e. The molecule has 0 amide bonds. The summed E-state index contributed by atoms with van der Waals surface area (Å²) >= 11 is 0. The summed E-state index contributed by atoms with van der Waals surface area (Å²) < 4.78 is 0. The van der Waals surface area contributed by atoms with Gasteiger partial charge in [-0.25, -0.2) is 4.98 Å². The van der Waals surface area contributed by atoms with Crippen LogP contribution in [0.5, 0.6) is 0 Å². The van der Waals surface area contributed by atoms with Gasteiger partial charge in [0.25, 0.3) is 5.69 Å². The zero-order chi connectivity index (χ0) is 18.8. The summed E-state index contributed by atoms with van der Waals surface area (Å²) in [6.07, 6.45) is 3.21. The summed E-state index contributed by atoms with van der Waals surface area (Å²) in [4.78, 5) is 18.1. The van der Waals surface area contributed by atoms with Crippen molar-refractivity contribution in [1.29, 1.82) is 5.26 Å². The maximum absolute atomic E-state index is 11.0. The molecule has 2 aromatic carbocycles. The van der Waals surface area contributed by atoms with Crippen LogP contribution in [0.25, 0.3) is 33.9 Å². The summed E-state index contributed by atoms with van der Waals surface area (Å²) in [5, 5.41) is 27.5. The number of nitriles is 1. The number of nitro groups is 1. The third kappa shape index (κ3) is 3.05. The van der Waals surface area contributed by atoms with E-state index >= 15 is 0 Å². The van der Waals surface area contributed by atoms with E-state index in [0.717, 1.165) is 11.0 Å². The van der Waals surface area contributed by atoms with E-state index in [9.17, 15) is 15.4 Å². The first-order valence-corrected chi connectivity index (χ1v) is 8.01. The summed E-state index contributed by atoms with van der Waals surface area (Å²) in [6.45, 7) is 0. The van der Waals surface area contributed by atoms with Gasteiger partial charge in [-0.1, -0.05) is 24.3 Å². The van der Waals surface area contributed by atoms with Gasteiger partial charge in [0, 0.05) is 23.3 Å². The Morgan fingerprint density at radius 1 is 1.22 bits per heavy atom. The monoisotopic (exact) mass is 356 g/mol. The number of allylic oxidation sites excluding steroid dienone is 1. The quantitative estimate of drug-likeness (QED) is 0.326. The average Bonchev–Trinajstić information content (AvgIpc) is 3.32. The molecule has 0 saturated heterocycles. The number of nitro benzene ring substituents is 1. The predicted octanol–water partition coefficient (Wildman–Crippen LogP) is 3.93. The van der Waals surface area contributed by atoms with Crippen LogP contribution in [0, 0.1) is 21.4 Å². The lowest BCUT2D eigenvalue weighted by Gasteiger charge is -2.01. The minimum Gasteiger partial charge on any atom is -0.337 e. The molecule has 0 aliphatic carbocycles. The SMILES string of the molecule is N#C/C(=C/c1cn[nH]c1-c1cccc([N+](=O)[O-])c1)c1nc2ccccc2[nH]1. The molecule has 130 valence electrons. The van der Waals surface area contributed by atoms with Gasteiger partial charge in [-0.05, 0) is 18.2 Å². The smallest absolute Gasteiger partial charge is 0.270 e. The third-order valence-corrected chi connectivity index (χ3v) is 4.08. The number of aromatic amines is 2. The second kappa shape index (κ2) is 6.57. The molecule has 4 aromatic rings. The zero-order valence-electron chi connectivity index (χ0n) is 13.9. The number of hydrogen-bond donors (Lipinski definition) is 2. The topological polar surface area (TPSA) is 124 Å². The predicted molar refractivity (Wildman–Crippen MR) is 100 cm³/mol. The van der Waals surface area contributed by atoms with Crippen LogP contribution in [-0.2, 0) is 0 Å². The summed E-state index contributed by atoms with van der Waals surface area (Å²) in [6, 6.07) is 15.9. The number of nitrogens with one attached hydrogen (secondary N) is 2. The number of hydrogen-bond acceptors (Lipinski definition) is 5. The van der Waals surface area contributed by atoms with Crippen molar-refractivity contribution in [2.45, 2.75) is 0 Å². The van der Waals surface area contributed by atoms with Crippen molar-refractivity contribution in [2.75, 3.05) is 0 Å². The Morgan fingerprint density at radius 2 is 2.07 bits per heavy atom. The number of benzene rings is 2. The molecule has 8 heteroatoms. The van der Waals surface area contributed by atoms with Crippen molar-refractivity contribution < 1.29 is 4.92 Å². The van der Waals surface area contributed by atoms with Crippen molar-refractivity contribution >= 4 is 28.4 Å². The molecule has 0 unspecified atom stereocenters. The highest BCUT2D eigenvalue weighted by Crippen LogP contribution is 2.28. The van der Waals surface area contributed by atoms with E-state index in [2.05, 4.69) is 26.2 Å². The van der Waals surface area contributed by atoms with Gasteiger partial charge in [-0.15, -0.1) is 0 Å². The Morgan fingerprint density at radius 3 is 2.85 bits per heavy atom. The number of non-ortho nitro benzene ring substituents is 1. The fraction of sp³-hybridized carbons (Fsp3) is 0. The molecule has 2 heterocycles. The molecule has 0 spiro atoms. The second-order valence-corrected chi connectivity index (χ2v) is 5.78. The highest BCUT2D eigenvalue weighted by atomic mass is 16.6. The fourth-order valence-corrected chi connectivity index (χ4v) is 2.80. The van der Waals surface area contributed by atoms with Crippen LogP contribution in [0.4, 0.5) is 5.69 Å². The number of rotatable bonds is 4. The molecule has 8 nitrogen and oxygen atoms in total. The van der Waals surface area contributed by atoms with Crippen molar-refractivity contribution in [1.82, 2.24) is 20.2 Å². The van der Waals surface area contributed by atoms with E-state index in [4.69, 9.17) is 0 Å². The summed E-state index contributed by atoms with van der Waals surface area (Å²) in [5.41, 5.74) is 3.73. The highest BCUT2D eigenvalue weighted by molar-refractivity contribution is 5.92.